The second kappa shape index (κ2) is 3.92. The van der Waals surface area contributed by atoms with Crippen molar-refractivity contribution in [3.63, 3.8) is 0 Å². The summed E-state index contributed by atoms with van der Waals surface area (Å²) >= 11 is 0. The van der Waals surface area contributed by atoms with Gasteiger partial charge in [0, 0.05) is 0 Å². The van der Waals surface area contributed by atoms with Crippen LogP contribution in [0.2, 0.25) is 0 Å². The van der Waals surface area contributed by atoms with Gasteiger partial charge in [0.15, 0.2) is 0 Å². The molecule has 1 N–H and O–H groups in total. The van der Waals surface area contributed by atoms with Crippen LogP contribution in [0.4, 0.5) is 17.6 Å². The molecule has 0 radical (unpaired) electrons. The monoisotopic (exact) mass is 236 g/mol. The van der Waals surface area contributed by atoms with E-state index in [4.69, 9.17) is 5.11 Å². The van der Waals surface area contributed by atoms with E-state index >= 15 is 0 Å². The van der Waals surface area contributed by atoms with E-state index in [-0.39, 0.29) is 6.07 Å². The molecule has 0 saturated heterocycles. The molecule has 1 aromatic rings. The Hall–Kier alpha value is -1.92. The van der Waals surface area contributed by atoms with Crippen LogP contribution in [0.15, 0.2) is 18.2 Å². The lowest BCUT2D eigenvalue weighted by Crippen LogP contribution is -2.15. The molecular weight excluding hydrogens is 232 g/mol. The molecule has 0 aliphatic rings. The highest BCUT2D eigenvalue weighted by molar-refractivity contribution is 6.39. The predicted molar refractivity (Wildman–Crippen MR) is 43.4 cm³/mol. The molecule has 0 aliphatic heterocycles. The molecule has 86 valence electrons. The van der Waals surface area contributed by atoms with Gasteiger partial charge in [0.2, 0.25) is 0 Å². The lowest BCUT2D eigenvalue weighted by molar-refractivity contribution is -0.137. The van der Waals surface area contributed by atoms with E-state index < -0.39 is 34.9 Å². The van der Waals surface area contributed by atoms with Gasteiger partial charge in [-0.15, -0.1) is 0 Å². The van der Waals surface area contributed by atoms with Crippen molar-refractivity contribution in [1.29, 1.82) is 0 Å². The Morgan fingerprint density at radius 3 is 2.12 bits per heavy atom. The molecule has 0 aromatic heterocycles. The summed E-state index contributed by atoms with van der Waals surface area (Å²) in [7, 11) is 0. The minimum atomic E-state index is -4.74. The van der Waals surface area contributed by atoms with E-state index in [9.17, 15) is 27.2 Å². The molecule has 1 aromatic carbocycles. The Labute approximate surface area is 86.3 Å². The maximum Gasteiger partial charge on any atom is 0.416 e. The highest BCUT2D eigenvalue weighted by atomic mass is 19.4. The van der Waals surface area contributed by atoms with Gasteiger partial charge >= 0.3 is 12.1 Å². The highest BCUT2D eigenvalue weighted by Gasteiger charge is 2.32. The number of carboxylic acid groups (broad SMARTS) is 1. The fourth-order valence-corrected chi connectivity index (χ4v) is 0.991. The van der Waals surface area contributed by atoms with Crippen LogP contribution in [-0.4, -0.2) is 16.9 Å². The summed E-state index contributed by atoms with van der Waals surface area (Å²) in [5.41, 5.74) is -2.19. The van der Waals surface area contributed by atoms with E-state index in [0.29, 0.717) is 12.1 Å². The average Bonchev–Trinajstić information content (AvgIpc) is 2.15. The van der Waals surface area contributed by atoms with Crippen molar-refractivity contribution < 1.29 is 32.3 Å². The minimum absolute atomic E-state index is 0.0795. The number of carbonyl (C=O) groups is 2. The first-order chi connectivity index (χ1) is 7.23. The summed E-state index contributed by atoms with van der Waals surface area (Å²) in [6.45, 7) is 0. The minimum Gasteiger partial charge on any atom is -0.475 e. The van der Waals surface area contributed by atoms with Crippen LogP contribution >= 0.6 is 0 Å². The van der Waals surface area contributed by atoms with E-state index in [1.54, 1.807) is 0 Å². The number of Topliss-reactive ketones (excluding diaryl/α,β-unsaturated/α-hetero) is 1. The van der Waals surface area contributed by atoms with Crippen molar-refractivity contribution in [2.45, 2.75) is 6.18 Å². The number of benzene rings is 1. The van der Waals surface area contributed by atoms with Crippen molar-refractivity contribution in [3.05, 3.63) is 35.1 Å². The summed E-state index contributed by atoms with van der Waals surface area (Å²) in [5, 5.41) is 8.25. The van der Waals surface area contributed by atoms with Crippen molar-refractivity contribution in [2.24, 2.45) is 0 Å². The van der Waals surface area contributed by atoms with Gasteiger partial charge in [0.05, 0.1) is 11.1 Å². The zero-order chi connectivity index (χ0) is 12.5. The molecule has 1 rings (SSSR count). The Morgan fingerprint density at radius 2 is 1.75 bits per heavy atom. The zero-order valence-corrected chi connectivity index (χ0v) is 7.51. The number of halogens is 4. The maximum atomic E-state index is 13.0. The lowest BCUT2D eigenvalue weighted by Gasteiger charge is -2.07. The molecule has 0 spiro atoms. The third-order valence-corrected chi connectivity index (χ3v) is 1.74. The number of hydrogen-bond donors (Lipinski definition) is 1. The Bertz CT molecular complexity index is 451. The Kier molecular flexibility index (Phi) is 2.97. The normalized spacial score (nSPS) is 11.2. The molecule has 0 heterocycles. The fourth-order valence-electron chi connectivity index (χ4n) is 0.991. The van der Waals surface area contributed by atoms with Crippen LogP contribution in [0.5, 0.6) is 0 Å². The number of aliphatic carboxylic acids is 1. The van der Waals surface area contributed by atoms with Gasteiger partial charge in [0.1, 0.15) is 5.82 Å². The molecule has 0 unspecified atom stereocenters. The fraction of sp³-hybridized carbons (Fsp3) is 0.111. The second-order valence-corrected chi connectivity index (χ2v) is 2.83. The van der Waals surface area contributed by atoms with Gasteiger partial charge in [-0.2, -0.15) is 13.2 Å². The van der Waals surface area contributed by atoms with Gasteiger partial charge in [0.25, 0.3) is 5.78 Å². The van der Waals surface area contributed by atoms with E-state index in [1.165, 1.54) is 0 Å². The van der Waals surface area contributed by atoms with E-state index in [2.05, 4.69) is 0 Å². The van der Waals surface area contributed by atoms with Crippen LogP contribution < -0.4 is 0 Å². The SMILES string of the molecule is O=C(O)C(=O)c1ccc(C(F)(F)F)cc1F. The quantitative estimate of drug-likeness (QED) is 0.486. The number of carbonyl (C=O) groups excluding carboxylic acids is 1. The van der Waals surface area contributed by atoms with Gasteiger partial charge in [-0.05, 0) is 18.2 Å². The van der Waals surface area contributed by atoms with Crippen LogP contribution in [0.1, 0.15) is 15.9 Å². The van der Waals surface area contributed by atoms with Gasteiger partial charge in [-0.25, -0.2) is 9.18 Å². The van der Waals surface area contributed by atoms with Crippen molar-refractivity contribution in [1.82, 2.24) is 0 Å². The highest BCUT2D eigenvalue weighted by Crippen LogP contribution is 2.30. The molecule has 0 bridgehead atoms. The van der Waals surface area contributed by atoms with Crippen LogP contribution in [0, 0.1) is 5.82 Å². The third-order valence-electron chi connectivity index (χ3n) is 1.74. The van der Waals surface area contributed by atoms with Gasteiger partial charge in [-0.1, -0.05) is 0 Å². The van der Waals surface area contributed by atoms with Crippen molar-refractivity contribution >= 4 is 11.8 Å². The van der Waals surface area contributed by atoms with Crippen molar-refractivity contribution in [3.8, 4) is 0 Å². The maximum absolute atomic E-state index is 13.0. The first-order valence-electron chi connectivity index (χ1n) is 3.88. The number of hydrogen-bond acceptors (Lipinski definition) is 2. The molecule has 16 heavy (non-hydrogen) atoms. The second-order valence-electron chi connectivity index (χ2n) is 2.83. The molecule has 3 nitrogen and oxygen atoms in total. The van der Waals surface area contributed by atoms with Crippen LogP contribution in [0.25, 0.3) is 0 Å². The van der Waals surface area contributed by atoms with Gasteiger partial charge < -0.3 is 5.11 Å². The molecule has 0 atom stereocenters. The van der Waals surface area contributed by atoms with E-state index in [0.717, 1.165) is 0 Å². The Morgan fingerprint density at radius 1 is 1.19 bits per heavy atom. The lowest BCUT2D eigenvalue weighted by atomic mass is 10.1. The van der Waals surface area contributed by atoms with Crippen molar-refractivity contribution in [2.75, 3.05) is 0 Å². The number of alkyl halides is 3. The average molecular weight is 236 g/mol. The molecule has 7 heteroatoms. The molecular formula is C9H4F4O3. The largest absolute Gasteiger partial charge is 0.475 e. The summed E-state index contributed by atoms with van der Waals surface area (Å²) in [6, 6.07) is 1.02. The number of ketones is 1. The molecule has 0 amide bonds. The summed E-state index contributed by atoms with van der Waals surface area (Å²) in [5.74, 6) is -5.04. The summed E-state index contributed by atoms with van der Waals surface area (Å²) in [4.78, 5) is 21.0. The topological polar surface area (TPSA) is 54.4 Å². The predicted octanol–water partition coefficient (Wildman–Crippen LogP) is 2.11. The molecule has 0 aliphatic carbocycles. The molecule has 0 saturated carbocycles. The Balaban J connectivity index is 3.20. The number of carboxylic acids is 1. The van der Waals surface area contributed by atoms with Crippen LogP contribution in [0.3, 0.4) is 0 Å². The summed E-state index contributed by atoms with van der Waals surface area (Å²) in [6.07, 6.45) is -4.74. The van der Waals surface area contributed by atoms with E-state index in [1.807, 2.05) is 0 Å². The molecule has 0 fully saturated rings. The zero-order valence-electron chi connectivity index (χ0n) is 7.51. The standard InChI is InChI=1S/C9H4F4O3/c10-6-3-4(9(11,12)13)1-2-5(6)7(14)8(15)16/h1-3H,(H,15,16). The third kappa shape index (κ3) is 2.36. The van der Waals surface area contributed by atoms with Gasteiger partial charge in [-0.3, -0.25) is 4.79 Å². The smallest absolute Gasteiger partial charge is 0.416 e. The van der Waals surface area contributed by atoms with Crippen LogP contribution in [-0.2, 0) is 11.0 Å². The summed E-state index contributed by atoms with van der Waals surface area (Å²) < 4.78 is 49.3. The number of rotatable bonds is 2. The first-order valence-corrected chi connectivity index (χ1v) is 3.88. The first kappa shape index (κ1) is 12.2.